The smallest absolute Gasteiger partial charge is 0.658 e. The van der Waals surface area contributed by atoms with Gasteiger partial charge in [0.25, 0.3) is 0 Å². The topological polar surface area (TPSA) is 88.1 Å². The number of carbonyl (C=O) groups is 2. The van der Waals surface area contributed by atoms with Gasteiger partial charge in [-0.3, -0.25) is 9.59 Å². The molecule has 0 fully saturated rings. The van der Waals surface area contributed by atoms with Crippen molar-refractivity contribution in [2.24, 2.45) is 0 Å². The first-order valence-electron chi connectivity index (χ1n) is 10.9. The van der Waals surface area contributed by atoms with Crippen molar-refractivity contribution >= 4 is 63.5 Å². The van der Waals surface area contributed by atoms with Crippen molar-refractivity contribution in [1.29, 1.82) is 0 Å². The minimum Gasteiger partial charge on any atom is -0.658 e. The molecule has 3 aromatic rings. The normalized spacial score (nSPS) is 14.3. The van der Waals surface area contributed by atoms with E-state index in [1.54, 1.807) is 0 Å². The van der Waals surface area contributed by atoms with E-state index in [0.29, 0.717) is 16.8 Å². The van der Waals surface area contributed by atoms with E-state index in [1.807, 2.05) is 68.5 Å². The number of allylic oxidation sites excluding steroid dienone is 4. The maximum atomic E-state index is 12.8. The Balaban J connectivity index is 0.00000253. The molecule has 0 aromatic carbocycles. The molecule has 164 valence electrons. The zero-order chi connectivity index (χ0) is 23.4. The van der Waals surface area contributed by atoms with Gasteiger partial charge in [-0.2, -0.15) is 0 Å². The summed E-state index contributed by atoms with van der Waals surface area (Å²) in [5.74, 6) is -0.490. The summed E-state index contributed by atoms with van der Waals surface area (Å²) in [6.45, 7) is 3.93. The van der Waals surface area contributed by atoms with Gasteiger partial charge in [-0.25, -0.2) is 9.97 Å². The van der Waals surface area contributed by atoms with Crippen molar-refractivity contribution in [3.05, 3.63) is 88.0 Å². The van der Waals surface area contributed by atoms with Crippen molar-refractivity contribution < 1.29 is 29.1 Å². The molecule has 35 heavy (non-hydrogen) atoms. The van der Waals surface area contributed by atoms with E-state index < -0.39 is 0 Å². The van der Waals surface area contributed by atoms with E-state index in [4.69, 9.17) is 19.9 Å². The Morgan fingerprint density at radius 2 is 1.34 bits per heavy atom. The molecule has 6 rings (SSSR count). The van der Waals surface area contributed by atoms with Crippen LogP contribution < -0.4 is 9.97 Å². The molecule has 0 spiro atoms. The number of nitrogens with zero attached hydrogens (tertiary/aromatic N) is 4. The number of fused-ring (bicyclic) bond motifs is 8. The molecule has 5 heterocycles. The first-order valence-corrected chi connectivity index (χ1v) is 10.9. The van der Waals surface area contributed by atoms with Crippen molar-refractivity contribution in [3.8, 4) is 0 Å². The second kappa shape index (κ2) is 8.68. The monoisotopic (exact) mass is 506 g/mol. The van der Waals surface area contributed by atoms with E-state index in [9.17, 15) is 9.59 Å². The third-order valence-electron chi connectivity index (χ3n) is 6.17. The average molecular weight is 508 g/mol. The van der Waals surface area contributed by atoms with Crippen molar-refractivity contribution in [2.75, 3.05) is 0 Å². The van der Waals surface area contributed by atoms with E-state index in [-0.39, 0.29) is 36.6 Å². The molecule has 6 nitrogen and oxygen atoms in total. The minimum absolute atomic E-state index is 0. The van der Waals surface area contributed by atoms with Crippen LogP contribution in [-0.2, 0) is 29.1 Å². The summed E-state index contributed by atoms with van der Waals surface area (Å²) in [4.78, 5) is 44.1. The molecule has 1 aliphatic carbocycles. The van der Waals surface area contributed by atoms with Crippen LogP contribution in [-0.4, -0.2) is 21.5 Å². The Morgan fingerprint density at radius 1 is 0.686 bits per heavy atom. The summed E-state index contributed by atoms with van der Waals surface area (Å²) >= 11 is 0. The molecule has 7 heteroatoms. The Labute approximate surface area is 214 Å². The van der Waals surface area contributed by atoms with Crippen LogP contribution in [0.2, 0.25) is 0 Å². The number of rotatable bonds is 1. The van der Waals surface area contributed by atoms with Crippen LogP contribution in [0.5, 0.6) is 0 Å². The summed E-state index contributed by atoms with van der Waals surface area (Å²) < 4.78 is 0. The predicted molar refractivity (Wildman–Crippen MR) is 133 cm³/mol. The van der Waals surface area contributed by atoms with Crippen LogP contribution in [0, 0.1) is 13.8 Å². The Hall–Kier alpha value is -3.96. The molecule has 2 aliphatic heterocycles. The Morgan fingerprint density at radius 3 is 2.17 bits per heavy atom. The molecule has 0 unspecified atom stereocenters. The summed E-state index contributed by atoms with van der Waals surface area (Å²) in [5, 5.41) is 0. The first kappa shape index (κ1) is 22.8. The predicted octanol–water partition coefficient (Wildman–Crippen LogP) is 4.62. The molecular formula is C28H18N4O2Zn. The van der Waals surface area contributed by atoms with Crippen LogP contribution in [0.4, 0.5) is 0 Å². The summed E-state index contributed by atoms with van der Waals surface area (Å²) in [6.07, 6.45) is 11.6. The van der Waals surface area contributed by atoms with Crippen LogP contribution in [0.3, 0.4) is 0 Å². The van der Waals surface area contributed by atoms with Gasteiger partial charge in [0.2, 0.25) is 0 Å². The van der Waals surface area contributed by atoms with Crippen LogP contribution in [0.1, 0.15) is 39.5 Å². The van der Waals surface area contributed by atoms with Crippen LogP contribution in [0.15, 0.2) is 48.6 Å². The number of hydrogen-bond donors (Lipinski definition) is 0. The molecule has 0 N–H and O–H groups in total. The molecule has 0 amide bonds. The summed E-state index contributed by atoms with van der Waals surface area (Å²) in [5.41, 5.74) is 8.58. The molecule has 0 saturated heterocycles. The van der Waals surface area contributed by atoms with E-state index >= 15 is 0 Å². The fourth-order valence-electron chi connectivity index (χ4n) is 4.28. The van der Waals surface area contributed by atoms with Gasteiger partial charge in [-0.1, -0.05) is 30.3 Å². The van der Waals surface area contributed by atoms with Gasteiger partial charge in [0.15, 0.2) is 11.6 Å². The standard InChI is InChI=1S/C28H20N4O2.Zn/c1-15-21-6-3-17(29-21)13-18-4-7-22(30-18)16(2)24-9-11-26(32-24)28(25-10-8-23(15)31-25)20-14-19(33)5-12-27(20)34;/h3-14H,1-2H3,(H2,29,30,31,32,33,34);/q;+2/p-2. The minimum atomic E-state index is -0.250. The van der Waals surface area contributed by atoms with Gasteiger partial charge in [0.05, 0.1) is 22.8 Å². The molecule has 0 saturated carbocycles. The van der Waals surface area contributed by atoms with E-state index in [0.717, 1.165) is 44.8 Å². The average Bonchev–Trinajstić information content (AvgIpc) is 3.63. The molecule has 0 radical (unpaired) electrons. The second-order valence-electron chi connectivity index (χ2n) is 8.37. The van der Waals surface area contributed by atoms with Gasteiger partial charge in [-0.15, -0.1) is 22.1 Å². The van der Waals surface area contributed by atoms with E-state index in [2.05, 4.69) is 0 Å². The van der Waals surface area contributed by atoms with Gasteiger partial charge in [0.1, 0.15) is 0 Å². The third-order valence-corrected chi connectivity index (χ3v) is 6.17. The maximum Gasteiger partial charge on any atom is 2.00 e. The summed E-state index contributed by atoms with van der Waals surface area (Å²) in [6, 6.07) is 9.62. The number of ketones is 2. The molecule has 8 bridgehead atoms. The number of hydrogen-bond acceptors (Lipinski definition) is 4. The molecular weight excluding hydrogens is 490 g/mol. The zero-order valence-electron chi connectivity index (χ0n) is 19.2. The number of aromatic nitrogens is 4. The van der Waals surface area contributed by atoms with Gasteiger partial charge in [0, 0.05) is 5.57 Å². The van der Waals surface area contributed by atoms with Crippen molar-refractivity contribution in [2.45, 2.75) is 13.8 Å². The third kappa shape index (κ3) is 3.98. The SMILES string of the molecule is Cc1c2nc(c(C3=CC(=O)C=CC3=O)c3ccc([n-]3)c(C)c3nc(cc4ccc1[n-]4)C=C3)C=C2.[Zn+2]. The number of aryl methyl sites for hydroxylation is 2. The van der Waals surface area contributed by atoms with Crippen LogP contribution >= 0.6 is 0 Å². The fraction of sp³-hybridized carbons (Fsp3) is 0.0714. The second-order valence-corrected chi connectivity index (χ2v) is 8.37. The number of carbonyl (C=O) groups excluding carboxylic acids is 2. The molecule has 3 aromatic heterocycles. The zero-order valence-corrected chi connectivity index (χ0v) is 22.2. The van der Waals surface area contributed by atoms with Crippen molar-refractivity contribution in [1.82, 2.24) is 19.9 Å². The quantitative estimate of drug-likeness (QED) is 0.243. The Kier molecular flexibility index (Phi) is 5.66. The summed E-state index contributed by atoms with van der Waals surface area (Å²) in [7, 11) is 0. The van der Waals surface area contributed by atoms with Gasteiger partial charge in [-0.05, 0) is 73.1 Å². The van der Waals surface area contributed by atoms with E-state index in [1.165, 1.54) is 18.2 Å². The fourth-order valence-corrected chi connectivity index (χ4v) is 4.28. The molecule has 0 atom stereocenters. The maximum absolute atomic E-state index is 12.8. The van der Waals surface area contributed by atoms with Crippen LogP contribution in [0.25, 0.3) is 51.9 Å². The first-order chi connectivity index (χ1) is 16.5. The largest absolute Gasteiger partial charge is 2.00 e. The van der Waals surface area contributed by atoms with Gasteiger partial charge >= 0.3 is 19.5 Å². The van der Waals surface area contributed by atoms with Gasteiger partial charge < -0.3 is 9.97 Å². The molecule has 3 aliphatic rings. The van der Waals surface area contributed by atoms with Crippen molar-refractivity contribution in [3.63, 3.8) is 0 Å². The Bertz CT molecular complexity index is 1710.